The highest BCUT2D eigenvalue weighted by molar-refractivity contribution is 5.87. The lowest BCUT2D eigenvalue weighted by atomic mass is 9.85. The summed E-state index contributed by atoms with van der Waals surface area (Å²) in [4.78, 5) is 9.57. The molecular formula is C24H21N7. The van der Waals surface area contributed by atoms with Crippen LogP contribution in [0.15, 0.2) is 67.3 Å². The number of fused-ring (bicyclic) bond motifs is 2. The molecule has 0 radical (unpaired) electrons. The van der Waals surface area contributed by atoms with E-state index >= 15 is 0 Å². The van der Waals surface area contributed by atoms with Crippen LogP contribution in [0.3, 0.4) is 0 Å². The summed E-state index contributed by atoms with van der Waals surface area (Å²) in [6.45, 7) is 0. The molecule has 0 spiro atoms. The molecule has 1 aromatic carbocycles. The molecule has 0 aliphatic heterocycles. The predicted octanol–water partition coefficient (Wildman–Crippen LogP) is 4.60. The van der Waals surface area contributed by atoms with Gasteiger partial charge in [-0.25, -0.2) is 4.98 Å². The highest BCUT2D eigenvalue weighted by atomic mass is 15.3. The van der Waals surface area contributed by atoms with Crippen LogP contribution in [0, 0.1) is 0 Å². The standard InChI is InChI=1S/C24H21N7/c25-23-10-22(16-7-5-15(6-8-16)19-12-27-28-13-19)30-24-20(14-29-31(23)24)18-9-17-3-1-2-4-21(17)26-11-18/h1-4,7,9-15H,5-6,8,25H2,(H,27,28). The van der Waals surface area contributed by atoms with E-state index in [1.54, 1.807) is 4.52 Å². The number of anilines is 1. The summed E-state index contributed by atoms with van der Waals surface area (Å²) >= 11 is 0. The Hall–Kier alpha value is -4.00. The number of aromatic nitrogens is 6. The minimum atomic E-state index is 0.498. The van der Waals surface area contributed by atoms with E-state index in [9.17, 15) is 0 Å². The second-order valence-corrected chi connectivity index (χ2v) is 8.01. The average Bonchev–Trinajstić information content (AvgIpc) is 3.49. The van der Waals surface area contributed by atoms with Gasteiger partial charge in [0, 0.05) is 35.0 Å². The van der Waals surface area contributed by atoms with Gasteiger partial charge in [-0.3, -0.25) is 10.1 Å². The fraction of sp³-hybridized carbons (Fsp3) is 0.167. The number of rotatable bonds is 3. The van der Waals surface area contributed by atoms with Gasteiger partial charge in [-0.1, -0.05) is 24.3 Å². The summed E-state index contributed by atoms with van der Waals surface area (Å²) in [6, 6.07) is 12.1. The molecule has 1 unspecified atom stereocenters. The van der Waals surface area contributed by atoms with Gasteiger partial charge in [0.1, 0.15) is 5.82 Å². The van der Waals surface area contributed by atoms with Crippen molar-refractivity contribution in [1.82, 2.24) is 29.8 Å². The van der Waals surface area contributed by atoms with E-state index in [0.717, 1.165) is 52.6 Å². The van der Waals surface area contributed by atoms with Gasteiger partial charge in [0.15, 0.2) is 5.65 Å². The Kier molecular flexibility index (Phi) is 4.06. The van der Waals surface area contributed by atoms with Crippen molar-refractivity contribution in [2.75, 3.05) is 5.73 Å². The molecule has 31 heavy (non-hydrogen) atoms. The lowest BCUT2D eigenvalue weighted by molar-refractivity contribution is 0.625. The third kappa shape index (κ3) is 3.06. The lowest BCUT2D eigenvalue weighted by Gasteiger charge is -2.21. The van der Waals surface area contributed by atoms with E-state index in [1.165, 1.54) is 11.1 Å². The van der Waals surface area contributed by atoms with Crippen molar-refractivity contribution in [3.8, 4) is 11.1 Å². The van der Waals surface area contributed by atoms with E-state index in [2.05, 4.69) is 38.5 Å². The van der Waals surface area contributed by atoms with Crippen LogP contribution < -0.4 is 5.73 Å². The quantitative estimate of drug-likeness (QED) is 0.455. The molecule has 4 heterocycles. The van der Waals surface area contributed by atoms with Gasteiger partial charge < -0.3 is 5.73 Å². The first-order valence-electron chi connectivity index (χ1n) is 10.4. The zero-order valence-electron chi connectivity index (χ0n) is 16.9. The Labute approximate surface area is 178 Å². The zero-order valence-corrected chi connectivity index (χ0v) is 16.9. The van der Waals surface area contributed by atoms with E-state index in [1.807, 2.05) is 49.1 Å². The summed E-state index contributed by atoms with van der Waals surface area (Å²) in [5.41, 5.74) is 13.4. The molecule has 1 atom stereocenters. The molecule has 5 aromatic rings. The Morgan fingerprint density at radius 3 is 2.87 bits per heavy atom. The van der Waals surface area contributed by atoms with Crippen molar-refractivity contribution in [1.29, 1.82) is 0 Å². The van der Waals surface area contributed by atoms with E-state index in [-0.39, 0.29) is 0 Å². The minimum absolute atomic E-state index is 0.498. The largest absolute Gasteiger partial charge is 0.384 e. The van der Waals surface area contributed by atoms with Crippen molar-refractivity contribution in [2.24, 2.45) is 0 Å². The van der Waals surface area contributed by atoms with Crippen molar-refractivity contribution in [3.05, 3.63) is 78.5 Å². The monoisotopic (exact) mass is 407 g/mol. The minimum Gasteiger partial charge on any atom is -0.384 e. The fourth-order valence-corrected chi connectivity index (χ4v) is 4.43. The van der Waals surface area contributed by atoms with Crippen LogP contribution in [0.4, 0.5) is 5.82 Å². The van der Waals surface area contributed by atoms with E-state index < -0.39 is 0 Å². The van der Waals surface area contributed by atoms with Crippen molar-refractivity contribution in [3.63, 3.8) is 0 Å². The Morgan fingerprint density at radius 1 is 1.10 bits per heavy atom. The first-order chi connectivity index (χ1) is 15.3. The Morgan fingerprint density at radius 2 is 2.03 bits per heavy atom. The summed E-state index contributed by atoms with van der Waals surface area (Å²) in [5, 5.41) is 12.6. The summed E-state index contributed by atoms with van der Waals surface area (Å²) in [5.74, 6) is 1.08. The average molecular weight is 407 g/mol. The molecular weight excluding hydrogens is 386 g/mol. The topological polar surface area (TPSA) is 97.8 Å². The second kappa shape index (κ2) is 7.05. The number of hydrogen-bond donors (Lipinski definition) is 2. The molecule has 0 fully saturated rings. The maximum atomic E-state index is 6.36. The highest BCUT2D eigenvalue weighted by Gasteiger charge is 2.20. The fourth-order valence-electron chi connectivity index (χ4n) is 4.43. The SMILES string of the molecule is Nc1cc(C2=CCC(c3cn[nH]c3)CC2)nc2c(-c3cnc4ccccc4c3)cnn12. The smallest absolute Gasteiger partial charge is 0.165 e. The van der Waals surface area contributed by atoms with Gasteiger partial charge >= 0.3 is 0 Å². The molecule has 3 N–H and O–H groups in total. The summed E-state index contributed by atoms with van der Waals surface area (Å²) in [6.07, 6.45) is 12.9. The van der Waals surface area contributed by atoms with E-state index in [4.69, 9.17) is 10.7 Å². The number of para-hydroxylation sites is 1. The molecule has 6 rings (SSSR count). The number of nitrogens with one attached hydrogen (secondary N) is 1. The molecule has 1 aliphatic carbocycles. The van der Waals surface area contributed by atoms with Crippen LogP contribution in [0.1, 0.15) is 36.4 Å². The number of aromatic amines is 1. The highest BCUT2D eigenvalue weighted by Crippen LogP contribution is 2.36. The number of hydrogen-bond acceptors (Lipinski definition) is 5. The lowest BCUT2D eigenvalue weighted by Crippen LogP contribution is -2.07. The van der Waals surface area contributed by atoms with Crippen LogP contribution in [0.2, 0.25) is 0 Å². The first kappa shape index (κ1) is 17.8. The molecule has 0 saturated heterocycles. The van der Waals surface area contributed by atoms with Crippen LogP contribution in [0.5, 0.6) is 0 Å². The number of pyridine rings is 1. The van der Waals surface area contributed by atoms with Gasteiger partial charge in [0.2, 0.25) is 0 Å². The normalized spacial score (nSPS) is 16.6. The molecule has 4 aromatic heterocycles. The van der Waals surface area contributed by atoms with Crippen molar-refractivity contribution >= 4 is 27.9 Å². The number of nitrogens with zero attached hydrogens (tertiary/aromatic N) is 5. The first-order valence-corrected chi connectivity index (χ1v) is 10.4. The molecule has 7 heteroatoms. The third-order valence-electron chi connectivity index (χ3n) is 6.13. The van der Waals surface area contributed by atoms with Gasteiger partial charge in [0.25, 0.3) is 0 Å². The van der Waals surface area contributed by atoms with Gasteiger partial charge in [-0.05, 0) is 48.4 Å². The van der Waals surface area contributed by atoms with Gasteiger partial charge in [0.05, 0.1) is 23.6 Å². The van der Waals surface area contributed by atoms with Gasteiger partial charge in [-0.15, -0.1) is 0 Å². The number of benzene rings is 1. The Balaban J connectivity index is 1.40. The maximum absolute atomic E-state index is 6.36. The maximum Gasteiger partial charge on any atom is 0.165 e. The number of nitrogens with two attached hydrogens (primary N) is 1. The number of nitrogen functional groups attached to an aromatic ring is 1. The second-order valence-electron chi connectivity index (χ2n) is 8.01. The van der Waals surface area contributed by atoms with E-state index in [0.29, 0.717) is 11.7 Å². The van der Waals surface area contributed by atoms with Crippen LogP contribution in [0.25, 0.3) is 33.3 Å². The van der Waals surface area contributed by atoms with Gasteiger partial charge in [-0.2, -0.15) is 14.7 Å². The molecule has 1 aliphatic rings. The predicted molar refractivity (Wildman–Crippen MR) is 121 cm³/mol. The zero-order chi connectivity index (χ0) is 20.8. The van der Waals surface area contributed by atoms with Crippen molar-refractivity contribution in [2.45, 2.75) is 25.2 Å². The molecule has 0 saturated carbocycles. The molecule has 7 nitrogen and oxygen atoms in total. The van der Waals surface area contributed by atoms with Crippen LogP contribution in [-0.4, -0.2) is 29.8 Å². The summed E-state index contributed by atoms with van der Waals surface area (Å²) < 4.78 is 1.70. The third-order valence-corrected chi connectivity index (χ3v) is 6.13. The molecule has 0 bridgehead atoms. The van der Waals surface area contributed by atoms with Crippen LogP contribution in [-0.2, 0) is 0 Å². The van der Waals surface area contributed by atoms with Crippen molar-refractivity contribution < 1.29 is 0 Å². The molecule has 152 valence electrons. The molecule has 0 amide bonds. The van der Waals surface area contributed by atoms with Crippen LogP contribution >= 0.6 is 0 Å². The number of allylic oxidation sites excluding steroid dienone is 2. The number of H-pyrrole nitrogens is 1. The Bertz CT molecular complexity index is 1430. The summed E-state index contributed by atoms with van der Waals surface area (Å²) in [7, 11) is 0.